The lowest BCUT2D eigenvalue weighted by molar-refractivity contribution is 0.438. The number of fused-ring (bicyclic) bond motifs is 1. The summed E-state index contributed by atoms with van der Waals surface area (Å²) in [6.07, 6.45) is 6.06. The third-order valence-corrected chi connectivity index (χ3v) is 5.80. The lowest BCUT2D eigenvalue weighted by atomic mass is 9.83. The van der Waals surface area contributed by atoms with Gasteiger partial charge in [-0.2, -0.15) is 0 Å². The summed E-state index contributed by atoms with van der Waals surface area (Å²) in [6.45, 7) is 7.01. The highest BCUT2D eigenvalue weighted by molar-refractivity contribution is 6.30. The predicted molar refractivity (Wildman–Crippen MR) is 123 cm³/mol. The van der Waals surface area contributed by atoms with Crippen LogP contribution in [0, 0.1) is 5.92 Å². The molecule has 1 saturated carbocycles. The molecule has 2 aromatic carbocycles. The van der Waals surface area contributed by atoms with Gasteiger partial charge >= 0.3 is 0 Å². The number of hydrogen-bond acceptors (Lipinski definition) is 2. The lowest BCUT2D eigenvalue weighted by Crippen LogP contribution is -2.53. The summed E-state index contributed by atoms with van der Waals surface area (Å²) in [4.78, 5) is 5.03. The van der Waals surface area contributed by atoms with Crippen LogP contribution in [0.3, 0.4) is 0 Å². The lowest BCUT2D eigenvalue weighted by Gasteiger charge is -2.42. The molecule has 1 fully saturated rings. The van der Waals surface area contributed by atoms with Gasteiger partial charge in [0.15, 0.2) is 0 Å². The Kier molecular flexibility index (Phi) is 7.01. The Balaban J connectivity index is 0.00000109. The van der Waals surface area contributed by atoms with Crippen LogP contribution in [-0.2, 0) is 6.54 Å². The van der Waals surface area contributed by atoms with Crippen molar-refractivity contribution < 1.29 is 0 Å². The van der Waals surface area contributed by atoms with Crippen molar-refractivity contribution in [2.45, 2.75) is 65.0 Å². The zero-order valence-electron chi connectivity index (χ0n) is 17.3. The third-order valence-electron chi connectivity index (χ3n) is 5.56. The van der Waals surface area contributed by atoms with Crippen molar-refractivity contribution in [2.24, 2.45) is 10.9 Å². The highest BCUT2D eigenvalue weighted by Gasteiger charge is 2.41. The second-order valence-corrected chi connectivity index (χ2v) is 8.16. The number of amidine groups is 1. The summed E-state index contributed by atoms with van der Waals surface area (Å²) >= 11 is 6.14. The Labute approximate surface area is 174 Å². The molecular formula is C24H32ClN3. The van der Waals surface area contributed by atoms with E-state index >= 15 is 0 Å². The highest BCUT2D eigenvalue weighted by Crippen LogP contribution is 2.40. The molecule has 2 atom stereocenters. The van der Waals surface area contributed by atoms with Crippen molar-refractivity contribution in [2.75, 3.05) is 10.6 Å². The fourth-order valence-electron chi connectivity index (χ4n) is 4.31. The number of para-hydroxylation sites is 2. The summed E-state index contributed by atoms with van der Waals surface area (Å²) in [6, 6.07) is 16.4. The molecule has 4 heteroatoms. The van der Waals surface area contributed by atoms with E-state index in [9.17, 15) is 0 Å². The normalized spacial score (nSPS) is 25.0. The van der Waals surface area contributed by atoms with E-state index in [1.54, 1.807) is 0 Å². The van der Waals surface area contributed by atoms with Crippen molar-refractivity contribution in [1.29, 1.82) is 0 Å². The summed E-state index contributed by atoms with van der Waals surface area (Å²) in [5, 5.41) is 8.27. The van der Waals surface area contributed by atoms with Gasteiger partial charge in [-0.25, -0.2) is 0 Å². The quantitative estimate of drug-likeness (QED) is 0.564. The van der Waals surface area contributed by atoms with Gasteiger partial charge in [0.1, 0.15) is 5.84 Å². The van der Waals surface area contributed by atoms with E-state index in [0.717, 1.165) is 35.0 Å². The second kappa shape index (κ2) is 9.47. The summed E-state index contributed by atoms with van der Waals surface area (Å²) in [5.41, 5.74) is 3.34. The van der Waals surface area contributed by atoms with Crippen molar-refractivity contribution in [3.8, 4) is 0 Å². The van der Waals surface area contributed by atoms with E-state index in [1.165, 1.54) is 24.9 Å². The fourth-order valence-corrected chi connectivity index (χ4v) is 4.52. The zero-order chi connectivity index (χ0) is 20.0. The molecule has 4 rings (SSSR count). The van der Waals surface area contributed by atoms with Crippen molar-refractivity contribution >= 4 is 28.8 Å². The largest absolute Gasteiger partial charge is 0.371 e. The monoisotopic (exact) mass is 397 g/mol. The number of nitrogens with zero attached hydrogens (tertiary/aromatic N) is 1. The number of aliphatic imine (C=N–C) groups is 1. The highest BCUT2D eigenvalue weighted by atomic mass is 35.5. The molecule has 150 valence electrons. The minimum atomic E-state index is -0.0944. The van der Waals surface area contributed by atoms with Crippen LogP contribution in [0.25, 0.3) is 0 Å². The molecule has 0 radical (unpaired) electrons. The van der Waals surface area contributed by atoms with Gasteiger partial charge in [0.2, 0.25) is 0 Å². The van der Waals surface area contributed by atoms with Gasteiger partial charge in [0.05, 0.1) is 23.5 Å². The zero-order valence-corrected chi connectivity index (χ0v) is 18.0. The summed E-state index contributed by atoms with van der Waals surface area (Å²) < 4.78 is 0. The van der Waals surface area contributed by atoms with Crippen LogP contribution < -0.4 is 10.6 Å². The third kappa shape index (κ3) is 4.70. The maximum absolute atomic E-state index is 6.14. The van der Waals surface area contributed by atoms with Crippen LogP contribution >= 0.6 is 11.6 Å². The Morgan fingerprint density at radius 3 is 2.64 bits per heavy atom. The number of nitrogens with one attached hydrogen (secondary N) is 2. The van der Waals surface area contributed by atoms with Crippen molar-refractivity contribution in [3.63, 3.8) is 0 Å². The molecule has 0 aromatic heterocycles. The van der Waals surface area contributed by atoms with Gasteiger partial charge in [0, 0.05) is 5.02 Å². The average molecular weight is 398 g/mol. The van der Waals surface area contributed by atoms with Crippen LogP contribution in [-0.4, -0.2) is 11.4 Å². The van der Waals surface area contributed by atoms with Crippen molar-refractivity contribution in [3.05, 3.63) is 59.1 Å². The van der Waals surface area contributed by atoms with Gasteiger partial charge in [-0.05, 0) is 48.6 Å². The summed E-state index contributed by atoms with van der Waals surface area (Å²) in [7, 11) is 0. The maximum Gasteiger partial charge on any atom is 0.127 e. The number of anilines is 2. The van der Waals surface area contributed by atoms with Crippen molar-refractivity contribution in [1.82, 2.24) is 0 Å². The molecule has 1 heterocycles. The maximum atomic E-state index is 6.14. The molecule has 0 bridgehead atoms. The average Bonchev–Trinajstić information content (AvgIpc) is 2.89. The van der Waals surface area contributed by atoms with E-state index in [-0.39, 0.29) is 5.54 Å². The minimum absolute atomic E-state index is 0.0944. The van der Waals surface area contributed by atoms with Gasteiger partial charge in [-0.1, -0.05) is 75.9 Å². The standard InChI is InChI=1S/C22H26ClN3.C2H6/c1-16-7-4-5-12-22(14-16)21(24-15-17-8-6-9-18(23)13-17)25-19-10-2-3-11-20(19)26-22;1-2/h2-3,6,8-11,13,16,26H,4-5,7,12,14-15H2,1H3,(H,24,25);1-2H3. The Hall–Kier alpha value is -2.00. The molecule has 28 heavy (non-hydrogen) atoms. The molecule has 2 aromatic rings. The first kappa shape index (κ1) is 20.7. The minimum Gasteiger partial charge on any atom is -0.371 e. The van der Waals surface area contributed by atoms with Crippen LogP contribution in [0.1, 0.15) is 58.4 Å². The first-order chi connectivity index (χ1) is 13.6. The van der Waals surface area contributed by atoms with Crippen LogP contribution in [0.15, 0.2) is 53.5 Å². The SMILES string of the molecule is CC.CC1CCCCC2(C1)Nc1ccccc1NC2=NCc1cccc(Cl)c1. The molecule has 0 saturated heterocycles. The van der Waals surface area contributed by atoms with Gasteiger partial charge in [0.25, 0.3) is 0 Å². The van der Waals surface area contributed by atoms with E-state index in [2.05, 4.69) is 47.9 Å². The van der Waals surface area contributed by atoms with Crippen LogP contribution in [0.2, 0.25) is 5.02 Å². The molecule has 0 amide bonds. The topological polar surface area (TPSA) is 36.4 Å². The van der Waals surface area contributed by atoms with E-state index < -0.39 is 0 Å². The molecule has 3 nitrogen and oxygen atoms in total. The molecule has 2 unspecified atom stereocenters. The number of rotatable bonds is 2. The summed E-state index contributed by atoms with van der Waals surface area (Å²) in [5.74, 6) is 1.76. The number of halogens is 1. The second-order valence-electron chi connectivity index (χ2n) is 7.73. The van der Waals surface area contributed by atoms with Gasteiger partial charge in [-0.15, -0.1) is 0 Å². The van der Waals surface area contributed by atoms with E-state index in [1.807, 2.05) is 32.0 Å². The Morgan fingerprint density at radius 1 is 1.07 bits per heavy atom. The molecule has 1 aliphatic carbocycles. The Morgan fingerprint density at radius 2 is 1.86 bits per heavy atom. The number of benzene rings is 2. The predicted octanol–water partition coefficient (Wildman–Crippen LogP) is 7.14. The number of hydrogen-bond donors (Lipinski definition) is 2. The van der Waals surface area contributed by atoms with Gasteiger partial charge in [-0.3, -0.25) is 4.99 Å². The van der Waals surface area contributed by atoms with Gasteiger partial charge < -0.3 is 10.6 Å². The smallest absolute Gasteiger partial charge is 0.127 e. The molecule has 1 spiro atoms. The van der Waals surface area contributed by atoms with Crippen LogP contribution in [0.5, 0.6) is 0 Å². The molecule has 2 aliphatic rings. The fraction of sp³-hybridized carbons (Fsp3) is 0.458. The van der Waals surface area contributed by atoms with E-state index in [0.29, 0.717) is 12.5 Å². The first-order valence-corrected chi connectivity index (χ1v) is 11.0. The molecular weight excluding hydrogens is 366 g/mol. The molecule has 1 aliphatic heterocycles. The van der Waals surface area contributed by atoms with E-state index in [4.69, 9.17) is 16.6 Å². The first-order valence-electron chi connectivity index (χ1n) is 10.6. The molecule has 2 N–H and O–H groups in total. The Bertz CT molecular complexity index is 817. The van der Waals surface area contributed by atoms with Crippen LogP contribution in [0.4, 0.5) is 11.4 Å².